The van der Waals surface area contributed by atoms with Crippen molar-refractivity contribution in [2.24, 2.45) is 5.41 Å². The van der Waals surface area contributed by atoms with E-state index >= 15 is 0 Å². The number of aromatic amines is 1. The van der Waals surface area contributed by atoms with Gasteiger partial charge in [0.2, 0.25) is 17.4 Å². The van der Waals surface area contributed by atoms with Gasteiger partial charge in [0, 0.05) is 41.7 Å². The fourth-order valence-electron chi connectivity index (χ4n) is 4.72. The van der Waals surface area contributed by atoms with Gasteiger partial charge in [-0.15, -0.1) is 0 Å². The van der Waals surface area contributed by atoms with Crippen molar-refractivity contribution in [2.45, 2.75) is 39.2 Å². The zero-order chi connectivity index (χ0) is 23.3. The molecule has 1 aliphatic rings. The highest BCUT2D eigenvalue weighted by Gasteiger charge is 2.40. The number of nitrogens with one attached hydrogen (secondary N) is 3. The molecule has 0 radical (unpaired) electrons. The number of carbonyl (C=O) groups is 1. The molecule has 4 aromatic rings. The minimum Gasteiger partial charge on any atom is -0.359 e. The first-order valence-corrected chi connectivity index (χ1v) is 11.6. The van der Waals surface area contributed by atoms with E-state index in [4.69, 9.17) is 4.98 Å². The predicted molar refractivity (Wildman–Crippen MR) is 131 cm³/mol. The molecule has 3 heterocycles. The highest BCUT2D eigenvalue weighted by Crippen LogP contribution is 2.39. The Labute approximate surface area is 198 Å². The van der Waals surface area contributed by atoms with Crippen molar-refractivity contribution in [3.63, 3.8) is 0 Å². The molecule has 1 amide bonds. The Morgan fingerprint density at radius 3 is 2.91 bits per heavy atom. The number of rotatable bonds is 4. The number of H-pyrrole nitrogens is 1. The van der Waals surface area contributed by atoms with Crippen molar-refractivity contribution in [1.82, 2.24) is 30.0 Å². The molecule has 1 unspecified atom stereocenters. The molecule has 0 aliphatic heterocycles. The van der Waals surface area contributed by atoms with Crippen molar-refractivity contribution < 1.29 is 4.79 Å². The molecule has 1 aliphatic carbocycles. The maximum atomic E-state index is 12.2. The number of hydrogen-bond donors (Lipinski definition) is 3. The molecule has 1 aromatic carbocycles. The van der Waals surface area contributed by atoms with E-state index in [1.807, 2.05) is 32.0 Å². The van der Waals surface area contributed by atoms with Gasteiger partial charge in [-0.2, -0.15) is 10.1 Å². The largest absolute Gasteiger partial charge is 0.359 e. The molecule has 3 aromatic heterocycles. The molecule has 0 bridgehead atoms. The van der Waals surface area contributed by atoms with Gasteiger partial charge in [0.25, 0.3) is 0 Å². The summed E-state index contributed by atoms with van der Waals surface area (Å²) in [7, 11) is 1.68. The zero-order valence-corrected chi connectivity index (χ0v) is 20.2. The first-order chi connectivity index (χ1) is 15.8. The third kappa shape index (κ3) is 3.78. The van der Waals surface area contributed by atoms with E-state index in [2.05, 4.69) is 41.6 Å². The fraction of sp³-hybridized carbons (Fsp3) is 0.348. The lowest BCUT2D eigenvalue weighted by molar-refractivity contribution is -0.129. The Hall–Kier alpha value is -3.27. The lowest BCUT2D eigenvalue weighted by atomic mass is 9.87. The summed E-state index contributed by atoms with van der Waals surface area (Å²) >= 11 is 3.52. The third-order valence-electron chi connectivity index (χ3n) is 6.51. The summed E-state index contributed by atoms with van der Waals surface area (Å²) in [6.45, 7) is 3.91. The standard InChI is InChI=1S/C23H24BrN7O2/c1-12-8-18(32)28-17-5-4-14(9-15(12)17)31-20-16(19(24)30-31)11-26-22(29-20)27-13-6-7-23(2,10-13)21(33)25-3/h4-5,8-9,11,13H,6-7,10H2,1-3H3,(H,25,33)(H,28,32)(H,26,27,29)/t13-,23?/m1/s1. The van der Waals surface area contributed by atoms with Crippen molar-refractivity contribution in [1.29, 1.82) is 0 Å². The molecule has 33 heavy (non-hydrogen) atoms. The van der Waals surface area contributed by atoms with Crippen LogP contribution in [-0.4, -0.2) is 43.7 Å². The number of pyridine rings is 1. The molecule has 5 rings (SSSR count). The smallest absolute Gasteiger partial charge is 0.248 e. The number of amides is 1. The minimum atomic E-state index is -0.384. The lowest BCUT2D eigenvalue weighted by Crippen LogP contribution is -2.35. The summed E-state index contributed by atoms with van der Waals surface area (Å²) in [6.07, 6.45) is 4.15. The van der Waals surface area contributed by atoms with E-state index < -0.39 is 0 Å². The van der Waals surface area contributed by atoms with Gasteiger partial charge >= 0.3 is 0 Å². The summed E-state index contributed by atoms with van der Waals surface area (Å²) < 4.78 is 2.41. The molecule has 170 valence electrons. The molecule has 1 saturated carbocycles. The normalized spacial score (nSPS) is 20.4. The first kappa shape index (κ1) is 21.6. The van der Waals surface area contributed by atoms with E-state index in [1.54, 1.807) is 24.0 Å². The molecule has 0 saturated heterocycles. The average Bonchev–Trinajstić information content (AvgIpc) is 3.33. The number of halogens is 1. The monoisotopic (exact) mass is 509 g/mol. The van der Waals surface area contributed by atoms with Gasteiger partial charge in [-0.3, -0.25) is 9.59 Å². The maximum absolute atomic E-state index is 12.2. The number of hydrogen-bond acceptors (Lipinski definition) is 6. The first-order valence-electron chi connectivity index (χ1n) is 10.8. The number of anilines is 1. The van der Waals surface area contributed by atoms with E-state index in [9.17, 15) is 9.59 Å². The Morgan fingerprint density at radius 2 is 2.12 bits per heavy atom. The fourth-order valence-corrected chi connectivity index (χ4v) is 5.15. The SMILES string of the molecule is CNC(=O)C1(C)CC[C@@H](Nc2ncc3c(Br)nn(-c4ccc5[nH]c(=O)cc(C)c5c4)c3n2)C1. The quantitative estimate of drug-likeness (QED) is 0.387. The van der Waals surface area contributed by atoms with Crippen LogP contribution >= 0.6 is 15.9 Å². The third-order valence-corrected chi connectivity index (χ3v) is 7.09. The molecule has 1 fully saturated rings. The zero-order valence-electron chi connectivity index (χ0n) is 18.6. The molecule has 3 N–H and O–H groups in total. The Kier molecular flexibility index (Phi) is 5.19. The number of benzene rings is 1. The predicted octanol–water partition coefficient (Wildman–Crippen LogP) is 3.44. The van der Waals surface area contributed by atoms with Crippen LogP contribution in [0.3, 0.4) is 0 Å². The van der Waals surface area contributed by atoms with Crippen molar-refractivity contribution in [3.05, 3.63) is 51.0 Å². The second-order valence-electron chi connectivity index (χ2n) is 8.90. The van der Waals surface area contributed by atoms with Gasteiger partial charge in [-0.1, -0.05) is 6.92 Å². The summed E-state index contributed by atoms with van der Waals surface area (Å²) in [5.41, 5.74) is 2.65. The second kappa shape index (κ2) is 7.95. The number of fused-ring (bicyclic) bond motifs is 2. The summed E-state index contributed by atoms with van der Waals surface area (Å²) in [4.78, 5) is 36.1. The summed E-state index contributed by atoms with van der Waals surface area (Å²) in [6, 6.07) is 7.46. The van der Waals surface area contributed by atoms with Gasteiger partial charge in [-0.25, -0.2) is 9.67 Å². The van der Waals surface area contributed by atoms with E-state index in [1.165, 1.54) is 0 Å². The molecule has 9 nitrogen and oxygen atoms in total. The summed E-state index contributed by atoms with van der Waals surface area (Å²) in [5, 5.41) is 12.5. The second-order valence-corrected chi connectivity index (χ2v) is 9.65. The van der Waals surface area contributed by atoms with Crippen LogP contribution < -0.4 is 16.2 Å². The van der Waals surface area contributed by atoms with Crippen LogP contribution in [0.15, 0.2) is 39.9 Å². The van der Waals surface area contributed by atoms with Crippen molar-refractivity contribution in [2.75, 3.05) is 12.4 Å². The van der Waals surface area contributed by atoms with Crippen LogP contribution in [-0.2, 0) is 4.79 Å². The number of nitrogens with zero attached hydrogens (tertiary/aromatic N) is 4. The molecular formula is C23H24BrN7O2. The van der Waals surface area contributed by atoms with Crippen LogP contribution in [0.25, 0.3) is 27.6 Å². The highest BCUT2D eigenvalue weighted by atomic mass is 79.9. The number of aryl methyl sites for hydroxylation is 1. The van der Waals surface area contributed by atoms with Crippen molar-refractivity contribution >= 4 is 49.7 Å². The van der Waals surface area contributed by atoms with E-state index in [0.29, 0.717) is 16.2 Å². The summed E-state index contributed by atoms with van der Waals surface area (Å²) in [5.74, 6) is 0.571. The van der Waals surface area contributed by atoms with Crippen LogP contribution in [0, 0.1) is 12.3 Å². The minimum absolute atomic E-state index is 0.0677. The Morgan fingerprint density at radius 1 is 1.30 bits per heavy atom. The van der Waals surface area contributed by atoms with Crippen LogP contribution in [0.2, 0.25) is 0 Å². The Balaban J connectivity index is 1.50. The van der Waals surface area contributed by atoms with Gasteiger partial charge in [-0.05, 0) is 65.9 Å². The molecule has 10 heteroatoms. The molecular weight excluding hydrogens is 486 g/mol. The average molecular weight is 510 g/mol. The number of aromatic nitrogens is 5. The van der Waals surface area contributed by atoms with Gasteiger partial charge < -0.3 is 15.6 Å². The molecule has 0 spiro atoms. The van der Waals surface area contributed by atoms with Gasteiger partial charge in [0.05, 0.1) is 11.1 Å². The van der Waals surface area contributed by atoms with Crippen LogP contribution in [0.4, 0.5) is 5.95 Å². The topological polar surface area (TPSA) is 118 Å². The lowest BCUT2D eigenvalue weighted by Gasteiger charge is -2.22. The van der Waals surface area contributed by atoms with Gasteiger partial charge in [0.1, 0.15) is 4.60 Å². The van der Waals surface area contributed by atoms with Gasteiger partial charge in [0.15, 0.2) is 5.65 Å². The molecule has 2 atom stereocenters. The number of carbonyl (C=O) groups excluding carboxylic acids is 1. The highest BCUT2D eigenvalue weighted by molar-refractivity contribution is 9.10. The van der Waals surface area contributed by atoms with Crippen LogP contribution in [0.5, 0.6) is 0 Å². The van der Waals surface area contributed by atoms with Crippen molar-refractivity contribution in [3.8, 4) is 5.69 Å². The van der Waals surface area contributed by atoms with E-state index in [0.717, 1.165) is 46.8 Å². The Bertz CT molecular complexity index is 1460. The van der Waals surface area contributed by atoms with Crippen LogP contribution in [0.1, 0.15) is 31.7 Å². The maximum Gasteiger partial charge on any atom is 0.248 e. The van der Waals surface area contributed by atoms with E-state index in [-0.39, 0.29) is 22.9 Å².